The van der Waals surface area contributed by atoms with E-state index in [-0.39, 0.29) is 5.56 Å². The molecule has 0 aliphatic carbocycles. The molecule has 0 fully saturated rings. The molecule has 1 aromatic carbocycles. The van der Waals surface area contributed by atoms with Gasteiger partial charge in [0.05, 0.1) is 17.7 Å². The summed E-state index contributed by atoms with van der Waals surface area (Å²) < 4.78 is 7.75. The molecular formula is C20H23N7O2. The van der Waals surface area contributed by atoms with Crippen LogP contribution in [-0.4, -0.2) is 41.8 Å². The summed E-state index contributed by atoms with van der Waals surface area (Å²) in [6.45, 7) is 4.72. The normalized spacial score (nSPS) is 11.3. The molecule has 0 amide bonds. The molecule has 0 bridgehead atoms. The molecule has 0 saturated carbocycles. The maximum Gasteiger partial charge on any atom is 0.275 e. The molecule has 4 rings (SSSR count). The van der Waals surface area contributed by atoms with Gasteiger partial charge in [0.15, 0.2) is 5.82 Å². The first-order valence-corrected chi connectivity index (χ1v) is 9.71. The Morgan fingerprint density at radius 1 is 1.17 bits per heavy atom. The second-order valence-corrected chi connectivity index (χ2v) is 6.94. The van der Waals surface area contributed by atoms with E-state index in [1.165, 1.54) is 0 Å². The van der Waals surface area contributed by atoms with E-state index in [0.29, 0.717) is 35.1 Å². The van der Waals surface area contributed by atoms with Crippen molar-refractivity contribution in [1.82, 2.24) is 35.2 Å². The monoisotopic (exact) mass is 393 g/mol. The van der Waals surface area contributed by atoms with Crippen molar-refractivity contribution in [3.63, 3.8) is 0 Å². The number of rotatable bonds is 7. The molecular weight excluding hydrogens is 370 g/mol. The molecule has 0 spiro atoms. The predicted octanol–water partition coefficient (Wildman–Crippen LogP) is 2.85. The molecule has 4 aromatic rings. The number of fused-ring (bicyclic) bond motifs is 1. The lowest BCUT2D eigenvalue weighted by Gasteiger charge is -2.12. The zero-order valence-corrected chi connectivity index (χ0v) is 16.7. The molecule has 0 atom stereocenters. The van der Waals surface area contributed by atoms with Gasteiger partial charge in [0.2, 0.25) is 0 Å². The van der Waals surface area contributed by atoms with Crippen LogP contribution in [0.3, 0.4) is 0 Å². The summed E-state index contributed by atoms with van der Waals surface area (Å²) >= 11 is 0. The highest BCUT2D eigenvalue weighted by molar-refractivity contribution is 5.82. The molecule has 3 heterocycles. The van der Waals surface area contributed by atoms with E-state index in [9.17, 15) is 4.79 Å². The summed E-state index contributed by atoms with van der Waals surface area (Å²) in [5, 5.41) is 14.0. The molecule has 0 saturated heterocycles. The molecule has 0 unspecified atom stereocenters. The van der Waals surface area contributed by atoms with Gasteiger partial charge in [-0.2, -0.15) is 0 Å². The van der Waals surface area contributed by atoms with Crippen molar-refractivity contribution in [1.29, 1.82) is 0 Å². The van der Waals surface area contributed by atoms with Crippen LogP contribution >= 0.6 is 0 Å². The van der Waals surface area contributed by atoms with Crippen molar-refractivity contribution in [2.24, 2.45) is 7.05 Å². The lowest BCUT2D eigenvalue weighted by molar-refractivity contribution is 0.318. The minimum atomic E-state index is -0.178. The van der Waals surface area contributed by atoms with Crippen LogP contribution in [0.15, 0.2) is 29.2 Å². The number of aryl methyl sites for hydroxylation is 2. The van der Waals surface area contributed by atoms with E-state index in [0.717, 1.165) is 35.9 Å². The van der Waals surface area contributed by atoms with Gasteiger partial charge >= 0.3 is 0 Å². The molecule has 0 aliphatic rings. The number of H-pyrrole nitrogens is 2. The number of aromatic nitrogens is 7. The first-order valence-electron chi connectivity index (χ1n) is 9.71. The van der Waals surface area contributed by atoms with Crippen LogP contribution in [0.25, 0.3) is 33.8 Å². The zero-order chi connectivity index (χ0) is 20.4. The van der Waals surface area contributed by atoms with E-state index in [2.05, 4.69) is 32.5 Å². The van der Waals surface area contributed by atoms with Crippen LogP contribution < -0.4 is 10.3 Å². The van der Waals surface area contributed by atoms with Gasteiger partial charge in [-0.25, -0.2) is 10.1 Å². The number of ether oxygens (including phenoxy) is 1. The van der Waals surface area contributed by atoms with Gasteiger partial charge in [0.1, 0.15) is 17.1 Å². The van der Waals surface area contributed by atoms with Gasteiger partial charge in [-0.3, -0.25) is 4.79 Å². The first kappa shape index (κ1) is 18.9. The average molecular weight is 393 g/mol. The highest BCUT2D eigenvalue weighted by Crippen LogP contribution is 2.32. The summed E-state index contributed by atoms with van der Waals surface area (Å²) in [7, 11) is 1.87. The number of nitrogens with one attached hydrogen (secondary N) is 2. The lowest BCUT2D eigenvalue weighted by Crippen LogP contribution is -2.12. The number of benzene rings is 1. The minimum absolute atomic E-state index is 0.178. The number of aromatic amines is 2. The minimum Gasteiger partial charge on any atom is -0.493 e. The van der Waals surface area contributed by atoms with Crippen LogP contribution in [0.5, 0.6) is 5.75 Å². The van der Waals surface area contributed by atoms with Crippen LogP contribution in [0.2, 0.25) is 0 Å². The Bertz CT molecular complexity index is 1190. The summed E-state index contributed by atoms with van der Waals surface area (Å²) in [4.78, 5) is 20.6. The SMILES string of the molecule is CCCOc1ccc(-c2nnn[nH]2)cc1-c1nc2c(CCC)cn(C)c2c(=O)[nH]1. The Balaban J connectivity index is 1.92. The molecule has 3 aromatic heterocycles. The predicted molar refractivity (Wildman–Crippen MR) is 110 cm³/mol. The topological polar surface area (TPSA) is 114 Å². The highest BCUT2D eigenvalue weighted by Gasteiger charge is 2.17. The van der Waals surface area contributed by atoms with Gasteiger partial charge in [-0.15, -0.1) is 5.10 Å². The van der Waals surface area contributed by atoms with Gasteiger partial charge in [0, 0.05) is 18.8 Å². The average Bonchev–Trinajstić information content (AvgIpc) is 3.35. The lowest BCUT2D eigenvalue weighted by atomic mass is 10.1. The smallest absolute Gasteiger partial charge is 0.275 e. The van der Waals surface area contributed by atoms with Crippen LogP contribution in [0.4, 0.5) is 0 Å². The molecule has 2 N–H and O–H groups in total. The van der Waals surface area contributed by atoms with E-state index in [1.54, 1.807) is 0 Å². The van der Waals surface area contributed by atoms with Crippen LogP contribution in [0, 0.1) is 0 Å². The molecule has 0 aliphatic heterocycles. The van der Waals surface area contributed by atoms with Crippen molar-refractivity contribution >= 4 is 11.0 Å². The quantitative estimate of drug-likeness (QED) is 0.499. The van der Waals surface area contributed by atoms with E-state index >= 15 is 0 Å². The third-order valence-electron chi connectivity index (χ3n) is 4.74. The fourth-order valence-electron chi connectivity index (χ4n) is 3.44. The summed E-state index contributed by atoms with van der Waals surface area (Å²) in [6.07, 6.45) is 4.68. The second kappa shape index (κ2) is 7.86. The maximum atomic E-state index is 12.9. The molecule has 150 valence electrons. The fraction of sp³-hybridized carbons (Fsp3) is 0.350. The number of nitrogens with zero attached hydrogens (tertiary/aromatic N) is 5. The van der Waals surface area contributed by atoms with Gasteiger partial charge < -0.3 is 14.3 Å². The van der Waals surface area contributed by atoms with Crippen molar-refractivity contribution in [2.45, 2.75) is 33.1 Å². The first-order chi connectivity index (χ1) is 14.1. The van der Waals surface area contributed by atoms with Crippen molar-refractivity contribution in [3.8, 4) is 28.5 Å². The Morgan fingerprint density at radius 2 is 2.03 bits per heavy atom. The Labute approximate surface area is 167 Å². The third-order valence-corrected chi connectivity index (χ3v) is 4.74. The third kappa shape index (κ3) is 3.51. The standard InChI is InChI=1S/C20H23N7O2/c1-4-6-13-11-27(3)17-16(13)21-19(22-20(17)28)14-10-12(18-23-25-26-24-18)7-8-15(14)29-9-5-2/h7-8,10-11H,4-6,9H2,1-3H3,(H,21,22,28)(H,23,24,25,26). The van der Waals surface area contributed by atoms with Gasteiger partial charge in [-0.05, 0) is 47.0 Å². The van der Waals surface area contributed by atoms with Gasteiger partial charge in [0.25, 0.3) is 5.56 Å². The van der Waals surface area contributed by atoms with E-state index < -0.39 is 0 Å². The summed E-state index contributed by atoms with van der Waals surface area (Å²) in [5.74, 6) is 1.65. The largest absolute Gasteiger partial charge is 0.493 e. The molecule has 29 heavy (non-hydrogen) atoms. The van der Waals surface area contributed by atoms with Crippen molar-refractivity contribution in [2.75, 3.05) is 6.61 Å². The van der Waals surface area contributed by atoms with E-state index in [4.69, 9.17) is 9.72 Å². The Hall–Kier alpha value is -3.49. The second-order valence-electron chi connectivity index (χ2n) is 6.94. The van der Waals surface area contributed by atoms with Crippen LogP contribution in [-0.2, 0) is 13.5 Å². The molecule has 9 heteroatoms. The number of tetrazole rings is 1. The zero-order valence-electron chi connectivity index (χ0n) is 16.7. The summed E-state index contributed by atoms with van der Waals surface area (Å²) in [6, 6.07) is 5.60. The number of hydrogen-bond acceptors (Lipinski definition) is 6. The number of hydrogen-bond donors (Lipinski definition) is 2. The maximum absolute atomic E-state index is 12.9. The highest BCUT2D eigenvalue weighted by atomic mass is 16.5. The van der Waals surface area contributed by atoms with Crippen molar-refractivity contribution in [3.05, 3.63) is 40.3 Å². The summed E-state index contributed by atoms with van der Waals surface area (Å²) in [5.41, 5.74) is 3.65. The van der Waals surface area contributed by atoms with E-state index in [1.807, 2.05) is 42.9 Å². The Kier molecular flexibility index (Phi) is 5.11. The van der Waals surface area contributed by atoms with Crippen molar-refractivity contribution < 1.29 is 4.74 Å². The van der Waals surface area contributed by atoms with Gasteiger partial charge in [-0.1, -0.05) is 20.3 Å². The van der Waals surface area contributed by atoms with Crippen LogP contribution in [0.1, 0.15) is 32.3 Å². The fourth-order valence-corrected chi connectivity index (χ4v) is 3.44. The molecule has 0 radical (unpaired) electrons. The Morgan fingerprint density at radius 3 is 2.76 bits per heavy atom. The molecule has 9 nitrogen and oxygen atoms in total.